The molecule has 2 amide bonds. The van der Waals surface area contributed by atoms with Gasteiger partial charge in [-0.25, -0.2) is 9.18 Å². The van der Waals surface area contributed by atoms with Crippen LogP contribution in [0.3, 0.4) is 0 Å². The minimum atomic E-state index is -5.32. The summed E-state index contributed by atoms with van der Waals surface area (Å²) < 4.78 is 54.0. The van der Waals surface area contributed by atoms with Crippen LogP contribution in [0.2, 0.25) is 0 Å². The van der Waals surface area contributed by atoms with E-state index in [4.69, 9.17) is 0 Å². The minimum absolute atomic E-state index is 0.0114. The summed E-state index contributed by atoms with van der Waals surface area (Å²) in [6, 6.07) is 4.27. The van der Waals surface area contributed by atoms with Crippen molar-refractivity contribution in [2.45, 2.75) is 17.9 Å². The summed E-state index contributed by atoms with van der Waals surface area (Å²) in [5.41, 5.74) is -3.73. The molecule has 1 aliphatic heterocycles. The number of Topliss-reactive ketones (excluding diaryl/α,β-unsaturated/α-hetero) is 1. The molecule has 0 unspecified atom stereocenters. The average Bonchev–Trinajstić information content (AvgIpc) is 3.08. The highest BCUT2D eigenvalue weighted by atomic mass is 32.1. The molecule has 0 radical (unpaired) electrons. The molecule has 3 atom stereocenters. The molecule has 3 rings (SSSR count). The average molecular weight is 388 g/mol. The maximum atomic E-state index is 13.6. The lowest BCUT2D eigenvalue weighted by Crippen LogP contribution is -2.72. The van der Waals surface area contributed by atoms with Crippen molar-refractivity contribution in [1.29, 1.82) is 0 Å². The van der Waals surface area contributed by atoms with Gasteiger partial charge in [-0.05, 0) is 29.1 Å². The molecule has 0 spiro atoms. The van der Waals surface area contributed by atoms with Gasteiger partial charge in [0.25, 0.3) is 0 Å². The number of halogens is 4. The number of rotatable bonds is 3. The highest BCUT2D eigenvalue weighted by molar-refractivity contribution is 7.12. The van der Waals surface area contributed by atoms with Crippen LogP contribution >= 0.6 is 11.3 Å². The zero-order valence-electron chi connectivity index (χ0n) is 12.9. The number of thiophene rings is 1. The quantitative estimate of drug-likeness (QED) is 0.559. The molecule has 2 aromatic rings. The Hall–Kier alpha value is -2.46. The second kappa shape index (κ2) is 6.36. The Bertz CT molecular complexity index is 823. The van der Waals surface area contributed by atoms with Crippen LogP contribution in [0.4, 0.5) is 22.4 Å². The Labute approximate surface area is 148 Å². The largest absolute Gasteiger partial charge is 0.437 e. The van der Waals surface area contributed by atoms with Crippen molar-refractivity contribution in [3.05, 3.63) is 58.0 Å². The zero-order chi connectivity index (χ0) is 19.1. The van der Waals surface area contributed by atoms with Crippen molar-refractivity contribution in [1.82, 2.24) is 10.6 Å². The standard InChI is InChI=1S/C16H12F4N2O3S/c17-9-5-3-8(4-6-9)12-11(13(23)10-2-1-7-26-10)15(25,16(18,19)20)22-14(24)21-12/h1-7,11-12,25H,(H2,21,22,24)/t11-,12+,15-/m0/s1. The third-order valence-electron chi connectivity index (χ3n) is 4.08. The van der Waals surface area contributed by atoms with Crippen LogP contribution < -0.4 is 10.6 Å². The van der Waals surface area contributed by atoms with E-state index in [2.05, 4.69) is 5.32 Å². The highest BCUT2D eigenvalue weighted by Crippen LogP contribution is 2.44. The number of amides is 2. The molecule has 0 aliphatic carbocycles. The molecule has 1 saturated heterocycles. The summed E-state index contributed by atoms with van der Waals surface area (Å²) in [6.45, 7) is 0. The molecule has 1 aromatic carbocycles. The smallest absolute Gasteiger partial charge is 0.363 e. The highest BCUT2D eigenvalue weighted by Gasteiger charge is 2.66. The summed E-state index contributed by atoms with van der Waals surface area (Å²) >= 11 is 0.908. The summed E-state index contributed by atoms with van der Waals surface area (Å²) in [5.74, 6) is -3.74. The molecule has 1 fully saturated rings. The van der Waals surface area contributed by atoms with Crippen molar-refractivity contribution >= 4 is 23.2 Å². The third-order valence-corrected chi connectivity index (χ3v) is 4.97. The van der Waals surface area contributed by atoms with E-state index in [-0.39, 0.29) is 10.4 Å². The molecule has 1 aromatic heterocycles. The van der Waals surface area contributed by atoms with E-state index < -0.39 is 41.5 Å². The van der Waals surface area contributed by atoms with Gasteiger partial charge in [0.2, 0.25) is 5.72 Å². The number of aliphatic hydroxyl groups is 1. The van der Waals surface area contributed by atoms with Crippen LogP contribution in [0.1, 0.15) is 21.3 Å². The van der Waals surface area contributed by atoms with Gasteiger partial charge >= 0.3 is 12.2 Å². The van der Waals surface area contributed by atoms with Crippen LogP contribution in [0.5, 0.6) is 0 Å². The fraction of sp³-hybridized carbons (Fsp3) is 0.250. The number of nitrogens with one attached hydrogen (secondary N) is 2. The van der Waals surface area contributed by atoms with Crippen molar-refractivity contribution in [3.8, 4) is 0 Å². The molecular weight excluding hydrogens is 376 g/mol. The van der Waals surface area contributed by atoms with Gasteiger partial charge in [-0.1, -0.05) is 18.2 Å². The maximum absolute atomic E-state index is 13.6. The number of hydrogen-bond donors (Lipinski definition) is 3. The van der Waals surface area contributed by atoms with Crippen LogP contribution in [0, 0.1) is 11.7 Å². The minimum Gasteiger partial charge on any atom is -0.363 e. The lowest BCUT2D eigenvalue weighted by Gasteiger charge is -2.44. The van der Waals surface area contributed by atoms with Gasteiger partial charge in [-0.3, -0.25) is 4.79 Å². The maximum Gasteiger partial charge on any atom is 0.437 e. The lowest BCUT2D eigenvalue weighted by atomic mass is 9.78. The molecule has 0 bridgehead atoms. The molecule has 2 heterocycles. The Kier molecular flexibility index (Phi) is 4.49. The van der Waals surface area contributed by atoms with Gasteiger partial charge in [0.15, 0.2) is 5.78 Å². The van der Waals surface area contributed by atoms with Crippen LogP contribution in [-0.2, 0) is 0 Å². The molecular formula is C16H12F4N2O3S. The predicted octanol–water partition coefficient (Wildman–Crippen LogP) is 2.99. The van der Waals surface area contributed by atoms with E-state index in [0.29, 0.717) is 0 Å². The molecule has 138 valence electrons. The Morgan fingerprint density at radius 2 is 1.85 bits per heavy atom. The van der Waals surface area contributed by atoms with E-state index in [9.17, 15) is 32.3 Å². The number of alkyl halides is 3. The van der Waals surface area contributed by atoms with Crippen molar-refractivity contribution in [2.24, 2.45) is 5.92 Å². The van der Waals surface area contributed by atoms with Crippen molar-refractivity contribution < 1.29 is 32.3 Å². The topological polar surface area (TPSA) is 78.4 Å². The summed E-state index contributed by atoms with van der Waals surface area (Å²) in [5, 5.41) is 15.5. The molecule has 3 N–H and O–H groups in total. The first kappa shape index (κ1) is 18.3. The van der Waals surface area contributed by atoms with Gasteiger partial charge in [0.05, 0.1) is 10.9 Å². The van der Waals surface area contributed by atoms with Crippen LogP contribution in [0.15, 0.2) is 41.8 Å². The van der Waals surface area contributed by atoms with Gasteiger partial charge in [-0.2, -0.15) is 13.2 Å². The van der Waals surface area contributed by atoms with Gasteiger partial charge in [0, 0.05) is 0 Å². The van der Waals surface area contributed by atoms with E-state index in [0.717, 1.165) is 35.6 Å². The first-order valence-electron chi connectivity index (χ1n) is 7.34. The van der Waals surface area contributed by atoms with Crippen LogP contribution in [0.25, 0.3) is 0 Å². The molecule has 1 aliphatic rings. The Balaban J connectivity index is 2.14. The van der Waals surface area contributed by atoms with E-state index in [1.807, 2.05) is 0 Å². The fourth-order valence-electron chi connectivity index (χ4n) is 2.86. The normalized spacial score (nSPS) is 26.1. The number of carbonyl (C=O) groups excluding carboxylic acids is 2. The summed E-state index contributed by atoms with van der Waals surface area (Å²) in [6.07, 6.45) is -5.32. The van der Waals surface area contributed by atoms with Crippen molar-refractivity contribution in [3.63, 3.8) is 0 Å². The van der Waals surface area contributed by atoms with E-state index in [1.54, 1.807) is 0 Å². The number of carbonyl (C=O) groups is 2. The first-order valence-corrected chi connectivity index (χ1v) is 8.22. The predicted molar refractivity (Wildman–Crippen MR) is 84.0 cm³/mol. The van der Waals surface area contributed by atoms with Crippen LogP contribution in [-0.4, -0.2) is 28.8 Å². The van der Waals surface area contributed by atoms with Crippen molar-refractivity contribution in [2.75, 3.05) is 0 Å². The second-order valence-electron chi connectivity index (χ2n) is 5.71. The fourth-order valence-corrected chi connectivity index (χ4v) is 3.56. The summed E-state index contributed by atoms with van der Waals surface area (Å²) in [7, 11) is 0. The van der Waals surface area contributed by atoms with E-state index >= 15 is 0 Å². The van der Waals surface area contributed by atoms with Gasteiger partial charge < -0.3 is 15.7 Å². The van der Waals surface area contributed by atoms with Gasteiger partial charge in [-0.15, -0.1) is 11.3 Å². The van der Waals surface area contributed by atoms with Gasteiger partial charge in [0.1, 0.15) is 11.7 Å². The Morgan fingerprint density at radius 1 is 1.19 bits per heavy atom. The third kappa shape index (κ3) is 3.06. The van der Waals surface area contributed by atoms with E-state index in [1.165, 1.54) is 22.8 Å². The first-order chi connectivity index (χ1) is 12.1. The molecule has 0 saturated carbocycles. The zero-order valence-corrected chi connectivity index (χ0v) is 13.7. The lowest BCUT2D eigenvalue weighted by molar-refractivity contribution is -0.287. The second-order valence-corrected chi connectivity index (χ2v) is 6.66. The number of urea groups is 1. The number of ketones is 1. The number of benzene rings is 1. The SMILES string of the molecule is O=C1N[C@H](c2ccc(F)cc2)[C@@H](C(=O)c2cccs2)[C@](O)(C(F)(F)F)N1. The Morgan fingerprint density at radius 3 is 2.38 bits per heavy atom. The molecule has 10 heteroatoms. The number of hydrogen-bond acceptors (Lipinski definition) is 4. The monoisotopic (exact) mass is 388 g/mol. The molecule has 5 nitrogen and oxygen atoms in total. The summed E-state index contributed by atoms with van der Waals surface area (Å²) in [4.78, 5) is 24.5. The molecule has 26 heavy (non-hydrogen) atoms.